The third-order valence-corrected chi connectivity index (χ3v) is 5.87. The Hall–Kier alpha value is -0.210. The van der Waals surface area contributed by atoms with Crippen molar-refractivity contribution in [1.82, 2.24) is 0 Å². The molecular formula is C15H30O6S. The summed E-state index contributed by atoms with van der Waals surface area (Å²) in [6, 6.07) is 0. The van der Waals surface area contributed by atoms with Gasteiger partial charge < -0.3 is 20.1 Å². The summed E-state index contributed by atoms with van der Waals surface area (Å²) in [6.45, 7) is 1.72. The summed E-state index contributed by atoms with van der Waals surface area (Å²) in [7, 11) is -3.33. The zero-order valence-corrected chi connectivity index (χ0v) is 14.2. The van der Waals surface area contributed by atoms with Gasteiger partial charge in [-0.05, 0) is 6.42 Å². The van der Waals surface area contributed by atoms with E-state index in [9.17, 15) is 18.6 Å². The van der Waals surface area contributed by atoms with Gasteiger partial charge in [0.15, 0.2) is 9.84 Å². The molecule has 1 aliphatic heterocycles. The van der Waals surface area contributed by atoms with Gasteiger partial charge in [0, 0.05) is 0 Å². The highest BCUT2D eigenvalue weighted by atomic mass is 32.2. The third-order valence-electron chi connectivity index (χ3n) is 4.12. The molecule has 1 fully saturated rings. The fourth-order valence-corrected chi connectivity index (χ4v) is 4.31. The predicted octanol–water partition coefficient (Wildman–Crippen LogP) is 0.633. The Bertz CT molecular complexity index is 397. The lowest BCUT2D eigenvalue weighted by Gasteiger charge is -2.14. The van der Waals surface area contributed by atoms with Crippen molar-refractivity contribution in [1.29, 1.82) is 0 Å². The topological polar surface area (TPSA) is 104 Å². The van der Waals surface area contributed by atoms with Gasteiger partial charge in [0.1, 0.15) is 24.4 Å². The van der Waals surface area contributed by atoms with Gasteiger partial charge in [-0.25, -0.2) is 8.42 Å². The molecule has 1 rings (SSSR count). The summed E-state index contributed by atoms with van der Waals surface area (Å²) in [6.07, 6.45) is 2.95. The predicted molar refractivity (Wildman–Crippen MR) is 84.4 cm³/mol. The highest BCUT2D eigenvalue weighted by molar-refractivity contribution is 7.91. The summed E-state index contributed by atoms with van der Waals surface area (Å²) in [5, 5.41) is 28.4. The lowest BCUT2D eigenvalue weighted by atomic mass is 10.1. The van der Waals surface area contributed by atoms with Crippen LogP contribution < -0.4 is 0 Å². The Morgan fingerprint density at radius 1 is 0.909 bits per heavy atom. The largest absolute Gasteiger partial charge is 0.394 e. The highest BCUT2D eigenvalue weighted by Crippen LogP contribution is 2.22. The second-order valence-electron chi connectivity index (χ2n) is 6.11. The minimum atomic E-state index is -3.33. The van der Waals surface area contributed by atoms with E-state index >= 15 is 0 Å². The average Bonchev–Trinajstić information content (AvgIpc) is 2.73. The molecule has 0 bridgehead atoms. The lowest BCUT2D eigenvalue weighted by molar-refractivity contribution is -0.0165. The van der Waals surface area contributed by atoms with Gasteiger partial charge in [-0.1, -0.05) is 45.4 Å². The Kier molecular flexibility index (Phi) is 8.86. The Morgan fingerprint density at radius 3 is 2.00 bits per heavy atom. The molecule has 4 atom stereocenters. The molecule has 1 aliphatic rings. The number of rotatable bonds is 11. The van der Waals surface area contributed by atoms with Crippen molar-refractivity contribution in [3.8, 4) is 0 Å². The van der Waals surface area contributed by atoms with Crippen molar-refractivity contribution in [3.05, 3.63) is 0 Å². The van der Waals surface area contributed by atoms with E-state index < -0.39 is 40.9 Å². The molecule has 0 spiro atoms. The fraction of sp³-hybridized carbons (Fsp3) is 1.00. The summed E-state index contributed by atoms with van der Waals surface area (Å²) in [4.78, 5) is 0. The molecule has 1 heterocycles. The second-order valence-corrected chi connectivity index (χ2v) is 8.34. The van der Waals surface area contributed by atoms with E-state index in [4.69, 9.17) is 9.84 Å². The number of unbranched alkanes of at least 4 members (excludes halogenated alkanes) is 6. The number of hydrogen-bond donors (Lipinski definition) is 3. The Morgan fingerprint density at radius 2 is 1.45 bits per heavy atom. The fourth-order valence-electron chi connectivity index (χ4n) is 2.73. The van der Waals surface area contributed by atoms with Crippen LogP contribution in [0, 0.1) is 0 Å². The molecule has 0 amide bonds. The number of aliphatic hydroxyl groups is 3. The summed E-state index contributed by atoms with van der Waals surface area (Å²) >= 11 is 0. The van der Waals surface area contributed by atoms with E-state index in [1.54, 1.807) is 0 Å². The molecular weight excluding hydrogens is 308 g/mol. The monoisotopic (exact) mass is 338 g/mol. The van der Waals surface area contributed by atoms with Crippen LogP contribution in [0.15, 0.2) is 0 Å². The van der Waals surface area contributed by atoms with Gasteiger partial charge in [0.05, 0.1) is 18.1 Å². The summed E-state index contributed by atoms with van der Waals surface area (Å²) in [5.41, 5.74) is 0. The highest BCUT2D eigenvalue weighted by Gasteiger charge is 2.43. The number of hydrogen-bond acceptors (Lipinski definition) is 6. The molecule has 0 radical (unpaired) electrons. The minimum absolute atomic E-state index is 0.0766. The van der Waals surface area contributed by atoms with Crippen molar-refractivity contribution in [2.45, 2.75) is 76.3 Å². The minimum Gasteiger partial charge on any atom is -0.394 e. The first kappa shape index (κ1) is 19.8. The molecule has 0 aromatic carbocycles. The maximum atomic E-state index is 12.0. The van der Waals surface area contributed by atoms with Crippen molar-refractivity contribution in [3.63, 3.8) is 0 Å². The van der Waals surface area contributed by atoms with Crippen LogP contribution in [0.3, 0.4) is 0 Å². The van der Waals surface area contributed by atoms with Gasteiger partial charge in [0.2, 0.25) is 0 Å². The summed E-state index contributed by atoms with van der Waals surface area (Å²) < 4.78 is 29.3. The molecule has 132 valence electrons. The van der Waals surface area contributed by atoms with Gasteiger partial charge >= 0.3 is 0 Å². The first-order valence-corrected chi connectivity index (χ1v) is 10.1. The molecule has 0 aromatic rings. The maximum Gasteiger partial charge on any atom is 0.152 e. The first-order chi connectivity index (χ1) is 10.4. The number of aliphatic hydroxyl groups excluding tert-OH is 3. The molecule has 0 aromatic heterocycles. The SMILES string of the molecule is CCCCCCCCCS(=O)(=O)C[C@@H]1O[C@H](CO)[C@@H](O)[C@@H]1O. The zero-order chi connectivity index (χ0) is 16.6. The van der Waals surface area contributed by atoms with Crippen LogP contribution in [0.1, 0.15) is 51.9 Å². The van der Waals surface area contributed by atoms with Crippen molar-refractivity contribution >= 4 is 9.84 Å². The normalized spacial score (nSPS) is 29.1. The molecule has 0 saturated carbocycles. The maximum absolute atomic E-state index is 12.0. The molecule has 0 aliphatic carbocycles. The van der Waals surface area contributed by atoms with Crippen LogP contribution in [-0.4, -0.2) is 66.3 Å². The third kappa shape index (κ3) is 6.50. The van der Waals surface area contributed by atoms with Crippen LogP contribution in [0.25, 0.3) is 0 Å². The van der Waals surface area contributed by atoms with Gasteiger partial charge in [0.25, 0.3) is 0 Å². The molecule has 1 saturated heterocycles. The van der Waals surface area contributed by atoms with Crippen LogP contribution in [0.4, 0.5) is 0 Å². The smallest absolute Gasteiger partial charge is 0.152 e. The van der Waals surface area contributed by atoms with E-state index in [0.717, 1.165) is 19.3 Å². The standard InChI is InChI=1S/C15H30O6S/c1-2-3-4-5-6-7-8-9-22(19,20)11-13-15(18)14(17)12(10-16)21-13/h12-18H,2-11H2,1H3/t12-,13+,14-,15-/m1/s1. The lowest BCUT2D eigenvalue weighted by Crippen LogP contribution is -2.36. The molecule has 6 nitrogen and oxygen atoms in total. The molecule has 7 heteroatoms. The first-order valence-electron chi connectivity index (χ1n) is 8.24. The van der Waals surface area contributed by atoms with Crippen molar-refractivity contribution in [2.75, 3.05) is 18.1 Å². The van der Waals surface area contributed by atoms with Gasteiger partial charge in [-0.3, -0.25) is 0 Å². The molecule has 0 unspecified atom stereocenters. The number of ether oxygens (including phenoxy) is 1. The van der Waals surface area contributed by atoms with Crippen molar-refractivity contribution in [2.24, 2.45) is 0 Å². The zero-order valence-electron chi connectivity index (χ0n) is 13.4. The van der Waals surface area contributed by atoms with E-state index in [1.165, 1.54) is 19.3 Å². The van der Waals surface area contributed by atoms with Crippen LogP contribution in [-0.2, 0) is 14.6 Å². The van der Waals surface area contributed by atoms with E-state index in [-0.39, 0.29) is 11.5 Å². The molecule has 22 heavy (non-hydrogen) atoms. The number of sulfone groups is 1. The van der Waals surface area contributed by atoms with Crippen LogP contribution in [0.2, 0.25) is 0 Å². The van der Waals surface area contributed by atoms with Crippen LogP contribution >= 0.6 is 0 Å². The molecule has 3 N–H and O–H groups in total. The Balaban J connectivity index is 2.26. The van der Waals surface area contributed by atoms with E-state index in [2.05, 4.69) is 6.92 Å². The van der Waals surface area contributed by atoms with Crippen molar-refractivity contribution < 1.29 is 28.5 Å². The van der Waals surface area contributed by atoms with E-state index in [0.29, 0.717) is 6.42 Å². The van der Waals surface area contributed by atoms with Gasteiger partial charge in [-0.15, -0.1) is 0 Å². The van der Waals surface area contributed by atoms with Crippen LogP contribution in [0.5, 0.6) is 0 Å². The summed E-state index contributed by atoms with van der Waals surface area (Å²) in [5.74, 6) is -0.231. The average molecular weight is 338 g/mol. The van der Waals surface area contributed by atoms with Gasteiger partial charge in [-0.2, -0.15) is 0 Å². The Labute approximate surface area is 133 Å². The second kappa shape index (κ2) is 9.82. The quantitative estimate of drug-likeness (QED) is 0.478. The van der Waals surface area contributed by atoms with E-state index in [1.807, 2.05) is 0 Å².